The van der Waals surface area contributed by atoms with Crippen LogP contribution in [0.4, 0.5) is 20.2 Å². The van der Waals surface area contributed by atoms with Crippen LogP contribution in [0.3, 0.4) is 0 Å². The lowest BCUT2D eigenvalue weighted by Crippen LogP contribution is -2.46. The second kappa shape index (κ2) is 9.39. The van der Waals surface area contributed by atoms with Gasteiger partial charge in [-0.25, -0.2) is 0 Å². The molecule has 1 aliphatic heterocycles. The van der Waals surface area contributed by atoms with Gasteiger partial charge in [-0.15, -0.1) is 0 Å². The molecule has 0 spiro atoms. The molecule has 0 atom stereocenters. The van der Waals surface area contributed by atoms with Crippen molar-refractivity contribution in [1.29, 1.82) is 0 Å². The van der Waals surface area contributed by atoms with Crippen LogP contribution in [-0.4, -0.2) is 49.3 Å². The van der Waals surface area contributed by atoms with E-state index in [1.54, 1.807) is 12.1 Å². The molecule has 1 fully saturated rings. The quantitative estimate of drug-likeness (QED) is 0.707. The molecule has 0 saturated carbocycles. The lowest BCUT2D eigenvalue weighted by molar-refractivity contribution is 0.102. The number of alkyl halides is 2. The van der Waals surface area contributed by atoms with Crippen LogP contribution in [0.2, 0.25) is 0 Å². The van der Waals surface area contributed by atoms with E-state index in [2.05, 4.69) is 28.1 Å². The van der Waals surface area contributed by atoms with Gasteiger partial charge in [0.25, 0.3) is 11.7 Å². The molecule has 2 aromatic rings. The average molecular weight is 406 g/mol. The van der Waals surface area contributed by atoms with Crippen molar-refractivity contribution in [3.8, 4) is 0 Å². The first-order valence-corrected chi connectivity index (χ1v) is 10.3. The van der Waals surface area contributed by atoms with Gasteiger partial charge in [0.1, 0.15) is 0 Å². The Morgan fingerprint density at radius 1 is 1.11 bits per heavy atom. The molecule has 1 N–H and O–H groups in total. The van der Waals surface area contributed by atoms with Crippen LogP contribution in [0, 0.1) is 6.92 Å². The number of hydrogen-bond acceptors (Lipinski definition) is 4. The Kier molecular flexibility index (Phi) is 6.91. The van der Waals surface area contributed by atoms with E-state index in [0.717, 1.165) is 44.0 Å². The van der Waals surface area contributed by atoms with E-state index in [0.29, 0.717) is 22.2 Å². The molecule has 1 heterocycles. The summed E-state index contributed by atoms with van der Waals surface area (Å²) in [6, 6.07) is 12.3. The molecule has 4 nitrogen and oxygen atoms in total. The second-order valence-electron chi connectivity index (χ2n) is 6.78. The summed E-state index contributed by atoms with van der Waals surface area (Å²) in [6.45, 7) is 9.37. The van der Waals surface area contributed by atoms with Crippen molar-refractivity contribution < 1.29 is 13.6 Å². The summed E-state index contributed by atoms with van der Waals surface area (Å²) in [5.41, 5.74) is 3.36. The standard InChI is InChI=1S/C21H25F2N3OS/c1-3-25-10-12-26(13-11-25)17-6-9-19(15(2)14-17)24-20(27)16-4-7-18(8-5-16)28-21(22)23/h4-9,14,21H,3,10-13H2,1-2H3,(H,24,27). The number of rotatable bonds is 6. The number of thioether (sulfide) groups is 1. The molecule has 1 saturated heterocycles. The fraction of sp³-hybridized carbons (Fsp3) is 0.381. The molecule has 3 rings (SSSR count). The maximum absolute atomic E-state index is 12.5. The van der Waals surface area contributed by atoms with Crippen molar-refractivity contribution in [1.82, 2.24) is 4.90 Å². The molecule has 1 amide bonds. The number of nitrogens with one attached hydrogen (secondary N) is 1. The number of benzene rings is 2. The van der Waals surface area contributed by atoms with Crippen molar-refractivity contribution >= 4 is 29.0 Å². The molecule has 7 heteroatoms. The number of aryl methyl sites for hydroxylation is 1. The minimum atomic E-state index is -2.47. The molecule has 0 aromatic heterocycles. The number of amides is 1. The number of piperazine rings is 1. The van der Waals surface area contributed by atoms with Crippen LogP contribution in [-0.2, 0) is 0 Å². The van der Waals surface area contributed by atoms with Crippen LogP contribution < -0.4 is 10.2 Å². The average Bonchev–Trinajstić information content (AvgIpc) is 2.69. The molecule has 1 aliphatic rings. The normalized spacial score (nSPS) is 15.1. The van der Waals surface area contributed by atoms with Gasteiger partial charge in [0.15, 0.2) is 0 Å². The predicted octanol–water partition coefficient (Wildman–Crippen LogP) is 4.70. The smallest absolute Gasteiger partial charge is 0.288 e. The molecule has 0 bridgehead atoms. The van der Waals surface area contributed by atoms with Crippen molar-refractivity contribution in [2.45, 2.75) is 24.5 Å². The number of carbonyl (C=O) groups excluding carboxylic acids is 1. The minimum Gasteiger partial charge on any atom is -0.369 e. The summed E-state index contributed by atoms with van der Waals surface area (Å²) in [5.74, 6) is -2.72. The zero-order valence-electron chi connectivity index (χ0n) is 16.1. The van der Waals surface area contributed by atoms with Gasteiger partial charge < -0.3 is 15.1 Å². The third-order valence-corrected chi connectivity index (χ3v) is 5.71. The van der Waals surface area contributed by atoms with Gasteiger partial charge >= 0.3 is 0 Å². The SMILES string of the molecule is CCN1CCN(c2ccc(NC(=O)c3ccc(SC(F)F)cc3)c(C)c2)CC1. The third-order valence-electron chi connectivity index (χ3n) is 4.98. The summed E-state index contributed by atoms with van der Waals surface area (Å²) < 4.78 is 24.8. The van der Waals surface area contributed by atoms with E-state index < -0.39 is 5.76 Å². The molecule has 0 aliphatic carbocycles. The van der Waals surface area contributed by atoms with Crippen molar-refractivity contribution in [3.63, 3.8) is 0 Å². The van der Waals surface area contributed by atoms with Crippen molar-refractivity contribution in [3.05, 3.63) is 53.6 Å². The Morgan fingerprint density at radius 2 is 1.79 bits per heavy atom. The van der Waals surface area contributed by atoms with Gasteiger partial charge in [0.2, 0.25) is 0 Å². The lowest BCUT2D eigenvalue weighted by atomic mass is 10.1. The minimum absolute atomic E-state index is 0.249. The van der Waals surface area contributed by atoms with E-state index in [-0.39, 0.29) is 5.91 Å². The molecular formula is C21H25F2N3OS. The van der Waals surface area contributed by atoms with E-state index >= 15 is 0 Å². The highest BCUT2D eigenvalue weighted by Crippen LogP contribution is 2.26. The largest absolute Gasteiger partial charge is 0.369 e. The first-order chi connectivity index (χ1) is 13.5. The molecule has 150 valence electrons. The van der Waals surface area contributed by atoms with Gasteiger partial charge in [-0.2, -0.15) is 8.78 Å². The Hall–Kier alpha value is -2.12. The summed E-state index contributed by atoms with van der Waals surface area (Å²) >= 11 is 0.469. The van der Waals surface area contributed by atoms with E-state index in [4.69, 9.17) is 0 Å². The lowest BCUT2D eigenvalue weighted by Gasteiger charge is -2.35. The zero-order valence-corrected chi connectivity index (χ0v) is 16.9. The van der Waals surface area contributed by atoms with Crippen LogP contribution in [0.15, 0.2) is 47.4 Å². The molecule has 28 heavy (non-hydrogen) atoms. The topological polar surface area (TPSA) is 35.6 Å². The number of anilines is 2. The Labute approximate surface area is 168 Å². The summed E-state index contributed by atoms with van der Waals surface area (Å²) in [5, 5.41) is 2.91. The Balaban J connectivity index is 1.63. The van der Waals surface area contributed by atoms with E-state index in [1.807, 2.05) is 19.1 Å². The first kappa shape index (κ1) is 20.6. The van der Waals surface area contributed by atoms with Crippen LogP contribution >= 0.6 is 11.8 Å². The summed E-state index contributed by atoms with van der Waals surface area (Å²) in [7, 11) is 0. The van der Waals surface area contributed by atoms with E-state index in [1.165, 1.54) is 17.8 Å². The van der Waals surface area contributed by atoms with Gasteiger partial charge in [-0.3, -0.25) is 4.79 Å². The number of carbonyl (C=O) groups is 1. The predicted molar refractivity (Wildman–Crippen MR) is 112 cm³/mol. The molecule has 2 aromatic carbocycles. The molecule has 0 radical (unpaired) electrons. The van der Waals surface area contributed by atoms with Gasteiger partial charge in [-0.05, 0) is 61.5 Å². The maximum atomic E-state index is 12.5. The van der Waals surface area contributed by atoms with Gasteiger partial charge in [-0.1, -0.05) is 18.7 Å². The fourth-order valence-corrected chi connectivity index (χ4v) is 3.79. The van der Waals surface area contributed by atoms with Crippen LogP contribution in [0.25, 0.3) is 0 Å². The Morgan fingerprint density at radius 3 is 2.36 bits per heavy atom. The van der Waals surface area contributed by atoms with Crippen LogP contribution in [0.5, 0.6) is 0 Å². The summed E-state index contributed by atoms with van der Waals surface area (Å²) in [6.07, 6.45) is 0. The van der Waals surface area contributed by atoms with Crippen molar-refractivity contribution in [2.24, 2.45) is 0 Å². The van der Waals surface area contributed by atoms with Crippen molar-refractivity contribution in [2.75, 3.05) is 42.9 Å². The number of hydrogen-bond donors (Lipinski definition) is 1. The third kappa shape index (κ3) is 5.23. The second-order valence-corrected chi connectivity index (χ2v) is 7.84. The van der Waals surface area contributed by atoms with Gasteiger partial charge in [0.05, 0.1) is 0 Å². The van der Waals surface area contributed by atoms with E-state index in [9.17, 15) is 13.6 Å². The monoisotopic (exact) mass is 405 g/mol. The summed E-state index contributed by atoms with van der Waals surface area (Å²) in [4.78, 5) is 17.7. The highest BCUT2D eigenvalue weighted by Gasteiger charge is 2.17. The highest BCUT2D eigenvalue weighted by atomic mass is 32.2. The Bertz CT molecular complexity index is 806. The maximum Gasteiger partial charge on any atom is 0.288 e. The fourth-order valence-electron chi connectivity index (χ4n) is 3.29. The molecular weight excluding hydrogens is 380 g/mol. The van der Waals surface area contributed by atoms with Gasteiger partial charge in [0, 0.05) is 48.0 Å². The number of nitrogens with zero attached hydrogens (tertiary/aromatic N) is 2. The number of halogens is 2. The highest BCUT2D eigenvalue weighted by molar-refractivity contribution is 7.99. The molecule has 0 unspecified atom stereocenters. The first-order valence-electron chi connectivity index (χ1n) is 9.40. The van der Waals surface area contributed by atoms with Crippen LogP contribution in [0.1, 0.15) is 22.8 Å². The zero-order chi connectivity index (χ0) is 20.1. The number of likely N-dealkylation sites (N-methyl/N-ethyl adjacent to an activating group) is 1.